The molecule has 0 spiro atoms. The molecule has 1 N–H and O–H groups in total. The third-order valence-corrected chi connectivity index (χ3v) is 4.75. The number of rotatable bonds is 7. The van der Waals surface area contributed by atoms with Gasteiger partial charge in [0.1, 0.15) is 5.75 Å². The van der Waals surface area contributed by atoms with Crippen LogP contribution in [0.4, 0.5) is 0 Å². The molecule has 2 rings (SSSR count). The molecule has 0 amide bonds. The molecule has 4 heteroatoms. The Morgan fingerprint density at radius 3 is 2.43 bits per heavy atom. The van der Waals surface area contributed by atoms with E-state index in [1.54, 1.807) is 7.11 Å². The van der Waals surface area contributed by atoms with Crippen LogP contribution in [0.2, 0.25) is 0 Å². The summed E-state index contributed by atoms with van der Waals surface area (Å²) >= 11 is 0. The van der Waals surface area contributed by atoms with Crippen molar-refractivity contribution in [3.8, 4) is 5.75 Å². The molecule has 3 nitrogen and oxygen atoms in total. The van der Waals surface area contributed by atoms with Gasteiger partial charge in [-0.05, 0) is 18.7 Å². The van der Waals surface area contributed by atoms with E-state index in [9.17, 15) is 4.21 Å². The molecule has 0 radical (unpaired) electrons. The summed E-state index contributed by atoms with van der Waals surface area (Å²) in [6.45, 7) is 0. The highest BCUT2D eigenvalue weighted by Gasteiger charge is 2.17. The third-order valence-electron chi connectivity index (χ3n) is 3.39. The summed E-state index contributed by atoms with van der Waals surface area (Å²) in [6.07, 6.45) is 0. The zero-order valence-electron chi connectivity index (χ0n) is 12.4. The number of para-hydroxylation sites is 1. The van der Waals surface area contributed by atoms with Crippen molar-refractivity contribution < 1.29 is 8.95 Å². The average Bonchev–Trinajstić information content (AvgIpc) is 2.53. The van der Waals surface area contributed by atoms with Crippen molar-refractivity contribution in [3.05, 3.63) is 65.7 Å². The van der Waals surface area contributed by atoms with Gasteiger partial charge in [0.25, 0.3) is 0 Å². The standard InChI is InChI=1S/C17H21NO2S/c1-18-16(15-10-6-7-11-17(15)20-2)13-21(19)12-14-8-4-3-5-9-14/h3-11,16,18H,12-13H2,1-2H3. The Morgan fingerprint density at radius 2 is 1.76 bits per heavy atom. The lowest BCUT2D eigenvalue weighted by molar-refractivity contribution is 0.404. The van der Waals surface area contributed by atoms with Crippen LogP contribution in [-0.2, 0) is 16.6 Å². The fourth-order valence-corrected chi connectivity index (χ4v) is 3.69. The molecule has 0 bridgehead atoms. The topological polar surface area (TPSA) is 38.3 Å². The van der Waals surface area contributed by atoms with Crippen LogP contribution in [0, 0.1) is 0 Å². The largest absolute Gasteiger partial charge is 0.496 e. The van der Waals surface area contributed by atoms with Gasteiger partial charge in [0, 0.05) is 33.9 Å². The highest BCUT2D eigenvalue weighted by Crippen LogP contribution is 2.25. The fourth-order valence-electron chi connectivity index (χ4n) is 2.29. The second-order valence-corrected chi connectivity index (χ2v) is 6.32. The second kappa shape index (κ2) is 7.96. The first kappa shape index (κ1) is 15.7. The van der Waals surface area contributed by atoms with Crippen LogP contribution in [0.25, 0.3) is 0 Å². The van der Waals surface area contributed by atoms with Gasteiger partial charge in [-0.15, -0.1) is 0 Å². The van der Waals surface area contributed by atoms with E-state index in [0.717, 1.165) is 16.9 Å². The molecule has 0 aliphatic carbocycles. The second-order valence-electron chi connectivity index (χ2n) is 4.82. The monoisotopic (exact) mass is 303 g/mol. The van der Waals surface area contributed by atoms with Gasteiger partial charge in [0.05, 0.1) is 7.11 Å². The lowest BCUT2D eigenvalue weighted by atomic mass is 10.1. The normalized spacial score (nSPS) is 13.6. The van der Waals surface area contributed by atoms with Gasteiger partial charge in [-0.1, -0.05) is 48.5 Å². The molecule has 0 saturated carbocycles. The summed E-state index contributed by atoms with van der Waals surface area (Å²) in [7, 11) is 2.62. The van der Waals surface area contributed by atoms with Crippen molar-refractivity contribution in [3.63, 3.8) is 0 Å². The van der Waals surface area contributed by atoms with E-state index in [1.165, 1.54) is 0 Å². The summed E-state index contributed by atoms with van der Waals surface area (Å²) in [6, 6.07) is 17.8. The molecule has 0 aromatic heterocycles. The van der Waals surface area contributed by atoms with E-state index in [-0.39, 0.29) is 6.04 Å². The minimum absolute atomic E-state index is 0.0192. The molecule has 0 saturated heterocycles. The lowest BCUT2D eigenvalue weighted by Crippen LogP contribution is -2.23. The SMILES string of the molecule is CNC(CS(=O)Cc1ccccc1)c1ccccc1OC. The molecular weight excluding hydrogens is 282 g/mol. The molecule has 2 aromatic carbocycles. The Morgan fingerprint density at radius 1 is 1.10 bits per heavy atom. The molecule has 0 aliphatic heterocycles. The van der Waals surface area contributed by atoms with Crippen molar-refractivity contribution in [1.82, 2.24) is 5.32 Å². The Labute approximate surface area is 128 Å². The molecule has 2 unspecified atom stereocenters. The number of ether oxygens (including phenoxy) is 1. The fraction of sp³-hybridized carbons (Fsp3) is 0.294. The first-order chi connectivity index (χ1) is 10.2. The van der Waals surface area contributed by atoms with E-state index >= 15 is 0 Å². The predicted molar refractivity (Wildman–Crippen MR) is 88.0 cm³/mol. The molecule has 2 aromatic rings. The molecule has 112 valence electrons. The van der Waals surface area contributed by atoms with Gasteiger partial charge < -0.3 is 10.1 Å². The summed E-state index contributed by atoms with van der Waals surface area (Å²) in [5, 5.41) is 3.24. The molecule has 21 heavy (non-hydrogen) atoms. The maximum Gasteiger partial charge on any atom is 0.123 e. The summed E-state index contributed by atoms with van der Waals surface area (Å²) in [4.78, 5) is 0. The van der Waals surface area contributed by atoms with Crippen molar-refractivity contribution in [2.75, 3.05) is 19.9 Å². The van der Waals surface area contributed by atoms with Gasteiger partial charge in [-0.3, -0.25) is 4.21 Å². The quantitative estimate of drug-likeness (QED) is 0.855. The number of nitrogens with one attached hydrogen (secondary N) is 1. The highest BCUT2D eigenvalue weighted by molar-refractivity contribution is 7.84. The summed E-state index contributed by atoms with van der Waals surface area (Å²) in [5.41, 5.74) is 2.15. The lowest BCUT2D eigenvalue weighted by Gasteiger charge is -2.19. The van der Waals surface area contributed by atoms with Gasteiger partial charge >= 0.3 is 0 Å². The molecule has 0 aliphatic rings. The maximum atomic E-state index is 12.4. The number of benzene rings is 2. The van der Waals surface area contributed by atoms with Gasteiger partial charge in [0.2, 0.25) is 0 Å². The van der Waals surface area contributed by atoms with Crippen LogP contribution in [-0.4, -0.2) is 24.1 Å². The van der Waals surface area contributed by atoms with Crippen LogP contribution in [0.15, 0.2) is 54.6 Å². The Bertz CT molecular complexity index is 586. The van der Waals surface area contributed by atoms with Gasteiger partial charge in [-0.2, -0.15) is 0 Å². The summed E-state index contributed by atoms with van der Waals surface area (Å²) in [5.74, 6) is 1.97. The van der Waals surface area contributed by atoms with Crippen molar-refractivity contribution in [2.24, 2.45) is 0 Å². The van der Waals surface area contributed by atoms with Crippen LogP contribution in [0.1, 0.15) is 17.2 Å². The number of hydrogen-bond acceptors (Lipinski definition) is 3. The Balaban J connectivity index is 2.07. The molecule has 0 heterocycles. The van der Waals surface area contributed by atoms with Gasteiger partial charge in [-0.25, -0.2) is 0 Å². The molecular formula is C17H21NO2S. The smallest absolute Gasteiger partial charge is 0.123 e. The van der Waals surface area contributed by atoms with E-state index < -0.39 is 10.8 Å². The average molecular weight is 303 g/mol. The van der Waals surface area contributed by atoms with Crippen molar-refractivity contribution in [2.45, 2.75) is 11.8 Å². The first-order valence-corrected chi connectivity index (χ1v) is 8.42. The van der Waals surface area contributed by atoms with Crippen LogP contribution in [0.3, 0.4) is 0 Å². The number of hydrogen-bond donors (Lipinski definition) is 1. The van der Waals surface area contributed by atoms with E-state index in [1.807, 2.05) is 61.6 Å². The summed E-state index contributed by atoms with van der Waals surface area (Å²) < 4.78 is 17.8. The zero-order valence-corrected chi connectivity index (χ0v) is 13.2. The third kappa shape index (κ3) is 4.41. The Kier molecular flexibility index (Phi) is 5.96. The minimum Gasteiger partial charge on any atom is -0.496 e. The van der Waals surface area contributed by atoms with E-state index in [2.05, 4.69) is 5.32 Å². The van der Waals surface area contributed by atoms with Crippen LogP contribution < -0.4 is 10.1 Å². The van der Waals surface area contributed by atoms with E-state index in [0.29, 0.717) is 11.5 Å². The van der Waals surface area contributed by atoms with E-state index in [4.69, 9.17) is 4.74 Å². The molecule has 2 atom stereocenters. The first-order valence-electron chi connectivity index (χ1n) is 6.93. The number of methoxy groups -OCH3 is 1. The maximum absolute atomic E-state index is 12.4. The zero-order chi connectivity index (χ0) is 15.1. The van der Waals surface area contributed by atoms with Crippen LogP contribution >= 0.6 is 0 Å². The van der Waals surface area contributed by atoms with Crippen molar-refractivity contribution >= 4 is 10.8 Å². The van der Waals surface area contributed by atoms with Crippen LogP contribution in [0.5, 0.6) is 5.75 Å². The molecule has 0 fully saturated rings. The van der Waals surface area contributed by atoms with Crippen molar-refractivity contribution in [1.29, 1.82) is 0 Å². The Hall–Kier alpha value is -1.65. The van der Waals surface area contributed by atoms with Gasteiger partial charge in [0.15, 0.2) is 0 Å². The highest BCUT2D eigenvalue weighted by atomic mass is 32.2. The minimum atomic E-state index is -0.930. The predicted octanol–water partition coefficient (Wildman–Crippen LogP) is 2.90.